The van der Waals surface area contributed by atoms with E-state index in [1.807, 2.05) is 6.07 Å². The monoisotopic (exact) mass is 292 g/mol. The molecule has 0 radical (unpaired) electrons. The summed E-state index contributed by atoms with van der Waals surface area (Å²) in [6, 6.07) is 6.49. The highest BCUT2D eigenvalue weighted by Crippen LogP contribution is 2.34. The molecule has 1 aromatic carbocycles. The smallest absolute Gasteiger partial charge is 0.146 e. The molecule has 1 aliphatic carbocycles. The van der Waals surface area contributed by atoms with Gasteiger partial charge in [0.1, 0.15) is 5.82 Å². The zero-order valence-electron chi connectivity index (χ0n) is 13.8. The van der Waals surface area contributed by atoms with Crippen molar-refractivity contribution in [2.45, 2.75) is 59.0 Å². The van der Waals surface area contributed by atoms with Crippen molar-refractivity contribution in [2.75, 3.05) is 18.0 Å². The Bertz CT molecular complexity index is 455. The van der Waals surface area contributed by atoms with Crippen molar-refractivity contribution in [1.82, 2.24) is 5.32 Å². The van der Waals surface area contributed by atoms with E-state index >= 15 is 0 Å². The molecule has 21 heavy (non-hydrogen) atoms. The third-order valence-corrected chi connectivity index (χ3v) is 4.23. The standard InChI is InChI=1S/C18H29FN2/c1-5-20-14(4)15-6-9-18(17(19)12-15)21(16-7-8-16)11-10-13(2)3/h6,9,12-14,16,20H,5,7-8,10-11H2,1-4H3. The molecule has 0 aliphatic heterocycles. The topological polar surface area (TPSA) is 15.3 Å². The average molecular weight is 292 g/mol. The summed E-state index contributed by atoms with van der Waals surface area (Å²) < 4.78 is 14.5. The van der Waals surface area contributed by atoms with E-state index in [0.29, 0.717) is 12.0 Å². The number of anilines is 1. The van der Waals surface area contributed by atoms with E-state index in [0.717, 1.165) is 30.8 Å². The number of nitrogens with one attached hydrogen (secondary N) is 1. The van der Waals surface area contributed by atoms with Gasteiger partial charge in [-0.15, -0.1) is 0 Å². The van der Waals surface area contributed by atoms with Crippen molar-refractivity contribution in [1.29, 1.82) is 0 Å². The summed E-state index contributed by atoms with van der Waals surface area (Å²) in [6.45, 7) is 10.5. The summed E-state index contributed by atoms with van der Waals surface area (Å²) in [6.07, 6.45) is 3.52. The van der Waals surface area contributed by atoms with Crippen LogP contribution in [0.25, 0.3) is 0 Å². The van der Waals surface area contributed by atoms with Gasteiger partial charge < -0.3 is 10.2 Å². The van der Waals surface area contributed by atoms with E-state index in [1.165, 1.54) is 12.8 Å². The fraction of sp³-hybridized carbons (Fsp3) is 0.667. The van der Waals surface area contributed by atoms with Crippen LogP contribution in [0, 0.1) is 11.7 Å². The van der Waals surface area contributed by atoms with Crippen molar-refractivity contribution in [3.63, 3.8) is 0 Å². The highest BCUT2D eigenvalue weighted by molar-refractivity contribution is 5.51. The van der Waals surface area contributed by atoms with Crippen molar-refractivity contribution in [3.05, 3.63) is 29.6 Å². The van der Waals surface area contributed by atoms with E-state index < -0.39 is 0 Å². The van der Waals surface area contributed by atoms with E-state index in [2.05, 4.69) is 44.0 Å². The predicted molar refractivity (Wildman–Crippen MR) is 88.3 cm³/mol. The Labute approximate surface area is 128 Å². The van der Waals surface area contributed by atoms with Crippen LogP contribution in [0.4, 0.5) is 10.1 Å². The third-order valence-electron chi connectivity index (χ3n) is 4.23. The zero-order valence-corrected chi connectivity index (χ0v) is 13.8. The summed E-state index contributed by atoms with van der Waals surface area (Å²) >= 11 is 0. The Kier molecular flexibility index (Phi) is 5.63. The van der Waals surface area contributed by atoms with Crippen LogP contribution in [0.3, 0.4) is 0 Å². The van der Waals surface area contributed by atoms with Crippen LogP contribution in [0.1, 0.15) is 58.6 Å². The van der Waals surface area contributed by atoms with E-state index in [1.54, 1.807) is 6.07 Å². The third kappa shape index (κ3) is 4.44. The lowest BCUT2D eigenvalue weighted by Gasteiger charge is -2.26. The Morgan fingerprint density at radius 3 is 2.52 bits per heavy atom. The number of halogens is 1. The fourth-order valence-corrected chi connectivity index (χ4v) is 2.73. The van der Waals surface area contributed by atoms with Gasteiger partial charge in [0.15, 0.2) is 0 Å². The Balaban J connectivity index is 2.13. The van der Waals surface area contributed by atoms with Gasteiger partial charge in [-0.05, 0) is 56.3 Å². The van der Waals surface area contributed by atoms with Crippen molar-refractivity contribution in [3.8, 4) is 0 Å². The molecule has 118 valence electrons. The SMILES string of the molecule is CCNC(C)c1ccc(N(CCC(C)C)C2CC2)c(F)c1. The Morgan fingerprint density at radius 2 is 2.00 bits per heavy atom. The van der Waals surface area contributed by atoms with Crippen LogP contribution in [0.2, 0.25) is 0 Å². The van der Waals surface area contributed by atoms with Gasteiger partial charge in [-0.3, -0.25) is 0 Å². The molecule has 0 saturated heterocycles. The zero-order chi connectivity index (χ0) is 15.4. The first-order chi connectivity index (χ1) is 10.0. The lowest BCUT2D eigenvalue weighted by Crippen LogP contribution is -2.28. The molecule has 1 aliphatic rings. The lowest BCUT2D eigenvalue weighted by molar-refractivity contribution is 0.554. The summed E-state index contributed by atoms with van der Waals surface area (Å²) in [7, 11) is 0. The molecule has 2 rings (SSSR count). The van der Waals surface area contributed by atoms with Gasteiger partial charge in [0.05, 0.1) is 5.69 Å². The first-order valence-electron chi connectivity index (χ1n) is 8.32. The molecule has 1 saturated carbocycles. The number of benzene rings is 1. The van der Waals surface area contributed by atoms with Crippen LogP contribution >= 0.6 is 0 Å². The lowest BCUT2D eigenvalue weighted by atomic mass is 10.1. The molecule has 0 bridgehead atoms. The summed E-state index contributed by atoms with van der Waals surface area (Å²) in [4.78, 5) is 2.27. The second-order valence-corrected chi connectivity index (χ2v) is 6.60. The maximum Gasteiger partial charge on any atom is 0.146 e. The van der Waals surface area contributed by atoms with Crippen molar-refractivity contribution >= 4 is 5.69 Å². The van der Waals surface area contributed by atoms with E-state index in [-0.39, 0.29) is 11.9 Å². The van der Waals surface area contributed by atoms with Crippen LogP contribution in [-0.4, -0.2) is 19.1 Å². The number of nitrogens with zero attached hydrogens (tertiary/aromatic N) is 1. The molecular weight excluding hydrogens is 263 g/mol. The molecule has 0 aromatic heterocycles. The van der Waals surface area contributed by atoms with Gasteiger partial charge in [-0.1, -0.05) is 26.8 Å². The molecule has 1 aromatic rings. The molecule has 1 unspecified atom stereocenters. The van der Waals surface area contributed by atoms with E-state index in [9.17, 15) is 4.39 Å². The maximum absolute atomic E-state index is 14.5. The highest BCUT2D eigenvalue weighted by atomic mass is 19.1. The molecule has 3 heteroatoms. The summed E-state index contributed by atoms with van der Waals surface area (Å²) in [5.74, 6) is 0.579. The molecule has 0 spiro atoms. The second-order valence-electron chi connectivity index (χ2n) is 6.60. The van der Waals surface area contributed by atoms with Crippen LogP contribution in [0.15, 0.2) is 18.2 Å². The van der Waals surface area contributed by atoms with Gasteiger partial charge in [0, 0.05) is 18.6 Å². The van der Waals surface area contributed by atoms with Crippen LogP contribution in [-0.2, 0) is 0 Å². The number of hydrogen-bond acceptors (Lipinski definition) is 2. The Hall–Kier alpha value is -1.09. The van der Waals surface area contributed by atoms with Gasteiger partial charge in [0.2, 0.25) is 0 Å². The summed E-state index contributed by atoms with van der Waals surface area (Å²) in [5, 5.41) is 3.33. The molecular formula is C18H29FN2. The minimum absolute atomic E-state index is 0.0760. The highest BCUT2D eigenvalue weighted by Gasteiger charge is 2.30. The normalized spacial score (nSPS) is 16.3. The minimum Gasteiger partial charge on any atom is -0.366 e. The maximum atomic E-state index is 14.5. The molecule has 1 N–H and O–H groups in total. The fourth-order valence-electron chi connectivity index (χ4n) is 2.73. The Morgan fingerprint density at radius 1 is 1.29 bits per heavy atom. The first-order valence-corrected chi connectivity index (χ1v) is 8.32. The number of hydrogen-bond donors (Lipinski definition) is 1. The van der Waals surface area contributed by atoms with Gasteiger partial charge in [-0.2, -0.15) is 0 Å². The summed E-state index contributed by atoms with van der Waals surface area (Å²) in [5.41, 5.74) is 1.81. The number of rotatable bonds is 8. The molecule has 1 fully saturated rings. The first kappa shape index (κ1) is 16.3. The van der Waals surface area contributed by atoms with Gasteiger partial charge in [0.25, 0.3) is 0 Å². The van der Waals surface area contributed by atoms with Crippen LogP contribution in [0.5, 0.6) is 0 Å². The van der Waals surface area contributed by atoms with Gasteiger partial charge >= 0.3 is 0 Å². The minimum atomic E-state index is -0.0760. The van der Waals surface area contributed by atoms with Crippen LogP contribution < -0.4 is 10.2 Å². The largest absolute Gasteiger partial charge is 0.366 e. The van der Waals surface area contributed by atoms with Gasteiger partial charge in [-0.25, -0.2) is 4.39 Å². The second kappa shape index (κ2) is 7.26. The molecule has 2 nitrogen and oxygen atoms in total. The van der Waals surface area contributed by atoms with Crippen molar-refractivity contribution in [2.24, 2.45) is 5.92 Å². The predicted octanol–water partition coefficient (Wildman–Crippen LogP) is 4.51. The molecule has 0 heterocycles. The van der Waals surface area contributed by atoms with E-state index in [4.69, 9.17) is 0 Å². The molecule has 1 atom stereocenters. The van der Waals surface area contributed by atoms with Crippen molar-refractivity contribution < 1.29 is 4.39 Å². The average Bonchev–Trinajstić information content (AvgIpc) is 3.25. The molecule has 0 amide bonds. The quantitative estimate of drug-likeness (QED) is 0.758.